The number of Topliss-reactive ketones (excluding diaryl/α,β-unsaturated/α-hetero) is 1. The fourth-order valence-electron chi connectivity index (χ4n) is 2.92. The molecule has 0 radical (unpaired) electrons. The lowest BCUT2D eigenvalue weighted by molar-refractivity contribution is 0.103. The second-order valence-corrected chi connectivity index (χ2v) is 6.25. The maximum atomic E-state index is 12.8. The Labute approximate surface area is 152 Å². The lowest BCUT2D eigenvalue weighted by Gasteiger charge is -2.16. The predicted octanol–water partition coefficient (Wildman–Crippen LogP) is 3.36. The number of nitrogens with zero attached hydrogens (tertiary/aromatic N) is 1. The molecule has 2 aromatic carbocycles. The third kappa shape index (κ3) is 3.18. The molecule has 0 atom stereocenters. The van der Waals surface area contributed by atoms with E-state index in [1.807, 2.05) is 31.1 Å². The minimum absolute atomic E-state index is 0.0956. The van der Waals surface area contributed by atoms with Crippen molar-refractivity contribution in [1.82, 2.24) is 0 Å². The number of ether oxygens (including phenoxy) is 3. The largest absolute Gasteiger partial charge is 0.492 e. The van der Waals surface area contributed by atoms with E-state index in [-0.39, 0.29) is 12.6 Å². The van der Waals surface area contributed by atoms with E-state index in [2.05, 4.69) is 0 Å². The first-order chi connectivity index (χ1) is 12.4. The number of nitrogen functional groups attached to an aromatic ring is 1. The summed E-state index contributed by atoms with van der Waals surface area (Å²) in [5.74, 6) is 1.65. The van der Waals surface area contributed by atoms with Crippen molar-refractivity contribution in [2.75, 3.05) is 38.6 Å². The molecule has 2 N–H and O–H groups in total. The molecule has 0 aromatic heterocycles. The first kappa shape index (κ1) is 17.7. The zero-order valence-electron chi connectivity index (χ0n) is 15.3. The lowest BCUT2D eigenvalue weighted by atomic mass is 10.0. The molecule has 1 aliphatic heterocycles. The number of fused-ring (bicyclic) bond motifs is 1. The summed E-state index contributed by atoms with van der Waals surface area (Å²) in [5.41, 5.74) is 9.36. The van der Waals surface area contributed by atoms with Crippen LogP contribution in [0.3, 0.4) is 0 Å². The molecule has 0 bridgehead atoms. The number of rotatable bonds is 5. The molecule has 1 aliphatic rings. The number of allylic oxidation sites excluding steroid dienone is 1. The maximum Gasteiger partial charge on any atom is 0.231 e. The molecular weight excluding hydrogens is 332 g/mol. The smallest absolute Gasteiger partial charge is 0.231 e. The summed E-state index contributed by atoms with van der Waals surface area (Å²) in [6.07, 6.45) is 1.78. The Kier molecular flexibility index (Phi) is 4.75. The first-order valence-electron chi connectivity index (χ1n) is 8.18. The summed E-state index contributed by atoms with van der Waals surface area (Å²) >= 11 is 0. The molecule has 0 spiro atoms. The highest BCUT2D eigenvalue weighted by atomic mass is 16.7. The summed E-state index contributed by atoms with van der Waals surface area (Å²) < 4.78 is 16.3. The Hall–Kier alpha value is -3.15. The number of hydrogen-bond donors (Lipinski definition) is 1. The van der Waals surface area contributed by atoms with Crippen LogP contribution in [0.1, 0.15) is 22.8 Å². The standard InChI is InChI=1S/C20H22N2O4/c1-12(18(23)13-5-7-16(22(2)3)15(21)10-13)9-14-6-8-17-20(19(14)24-4)26-11-25-17/h5-10H,11,21H2,1-4H3. The van der Waals surface area contributed by atoms with Crippen LogP contribution in [0.25, 0.3) is 6.08 Å². The minimum Gasteiger partial charge on any atom is -0.492 e. The number of anilines is 2. The number of methoxy groups -OCH3 is 1. The van der Waals surface area contributed by atoms with Gasteiger partial charge in [0.1, 0.15) is 0 Å². The van der Waals surface area contributed by atoms with Crippen LogP contribution in [0.15, 0.2) is 35.9 Å². The SMILES string of the molecule is COc1c(C=C(C)C(=O)c2ccc(N(C)C)c(N)c2)ccc2c1OCO2. The number of hydrogen-bond acceptors (Lipinski definition) is 6. The van der Waals surface area contributed by atoms with Gasteiger partial charge >= 0.3 is 0 Å². The Morgan fingerprint density at radius 2 is 2.00 bits per heavy atom. The van der Waals surface area contributed by atoms with Crippen molar-refractivity contribution in [3.63, 3.8) is 0 Å². The van der Waals surface area contributed by atoms with Crippen LogP contribution >= 0.6 is 0 Å². The number of benzene rings is 2. The normalized spacial score (nSPS) is 12.8. The van der Waals surface area contributed by atoms with Crippen molar-refractivity contribution in [2.45, 2.75) is 6.92 Å². The van der Waals surface area contributed by atoms with Gasteiger partial charge in [-0.15, -0.1) is 0 Å². The molecule has 0 aliphatic carbocycles. The molecular formula is C20H22N2O4. The van der Waals surface area contributed by atoms with Crippen molar-refractivity contribution in [3.05, 3.63) is 47.0 Å². The van der Waals surface area contributed by atoms with E-state index in [1.54, 1.807) is 38.3 Å². The third-order valence-electron chi connectivity index (χ3n) is 4.23. The van der Waals surface area contributed by atoms with E-state index in [9.17, 15) is 4.79 Å². The van der Waals surface area contributed by atoms with Crippen LogP contribution in [-0.2, 0) is 0 Å². The summed E-state index contributed by atoms with van der Waals surface area (Å²) in [4.78, 5) is 14.7. The van der Waals surface area contributed by atoms with Gasteiger partial charge in [-0.2, -0.15) is 0 Å². The van der Waals surface area contributed by atoms with Crippen molar-refractivity contribution in [1.29, 1.82) is 0 Å². The van der Waals surface area contributed by atoms with Crippen LogP contribution < -0.4 is 24.8 Å². The molecule has 0 fully saturated rings. The van der Waals surface area contributed by atoms with Crippen molar-refractivity contribution >= 4 is 23.2 Å². The Morgan fingerprint density at radius 3 is 2.65 bits per heavy atom. The van der Waals surface area contributed by atoms with Gasteiger partial charge in [0.15, 0.2) is 17.3 Å². The van der Waals surface area contributed by atoms with Gasteiger partial charge < -0.3 is 24.8 Å². The van der Waals surface area contributed by atoms with Crippen LogP contribution in [0.2, 0.25) is 0 Å². The van der Waals surface area contributed by atoms with E-state index < -0.39 is 0 Å². The average Bonchev–Trinajstić information content (AvgIpc) is 3.09. The molecule has 136 valence electrons. The number of carbonyl (C=O) groups excluding carboxylic acids is 1. The van der Waals surface area contributed by atoms with Crippen LogP contribution in [-0.4, -0.2) is 33.8 Å². The second-order valence-electron chi connectivity index (χ2n) is 6.25. The highest BCUT2D eigenvalue weighted by Crippen LogP contribution is 2.43. The molecule has 0 amide bonds. The second kappa shape index (κ2) is 7.00. The zero-order chi connectivity index (χ0) is 18.8. The van der Waals surface area contributed by atoms with Gasteiger partial charge in [-0.05, 0) is 48.9 Å². The van der Waals surface area contributed by atoms with Crippen molar-refractivity contribution in [2.24, 2.45) is 0 Å². The minimum atomic E-state index is -0.0956. The predicted molar refractivity (Wildman–Crippen MR) is 102 cm³/mol. The van der Waals surface area contributed by atoms with E-state index >= 15 is 0 Å². The number of ketones is 1. The van der Waals surface area contributed by atoms with E-state index in [4.69, 9.17) is 19.9 Å². The van der Waals surface area contributed by atoms with Gasteiger partial charge in [-0.25, -0.2) is 0 Å². The monoisotopic (exact) mass is 354 g/mol. The number of carbonyl (C=O) groups is 1. The molecule has 0 saturated carbocycles. The Bertz CT molecular complexity index is 888. The lowest BCUT2D eigenvalue weighted by Crippen LogP contribution is -2.12. The molecule has 1 heterocycles. The summed E-state index contributed by atoms with van der Waals surface area (Å²) in [6.45, 7) is 1.93. The topological polar surface area (TPSA) is 74.0 Å². The maximum absolute atomic E-state index is 12.8. The van der Waals surface area contributed by atoms with Crippen molar-refractivity contribution in [3.8, 4) is 17.2 Å². The van der Waals surface area contributed by atoms with Crippen LogP contribution in [0, 0.1) is 0 Å². The first-order valence-corrected chi connectivity index (χ1v) is 8.18. The van der Waals surface area contributed by atoms with Gasteiger partial charge in [-0.3, -0.25) is 4.79 Å². The molecule has 3 rings (SSSR count). The Morgan fingerprint density at radius 1 is 1.23 bits per heavy atom. The van der Waals surface area contributed by atoms with Gasteiger partial charge in [-0.1, -0.05) is 0 Å². The molecule has 0 saturated heterocycles. The zero-order valence-corrected chi connectivity index (χ0v) is 15.3. The fraction of sp³-hybridized carbons (Fsp3) is 0.250. The summed E-state index contributed by atoms with van der Waals surface area (Å²) in [7, 11) is 5.38. The third-order valence-corrected chi connectivity index (χ3v) is 4.23. The highest BCUT2D eigenvalue weighted by molar-refractivity contribution is 6.11. The van der Waals surface area contributed by atoms with Gasteiger partial charge in [0.2, 0.25) is 12.5 Å². The van der Waals surface area contributed by atoms with Gasteiger partial charge in [0, 0.05) is 25.2 Å². The van der Waals surface area contributed by atoms with E-state index in [1.165, 1.54) is 0 Å². The van der Waals surface area contributed by atoms with E-state index in [0.29, 0.717) is 34.1 Å². The summed E-state index contributed by atoms with van der Waals surface area (Å²) in [5, 5.41) is 0. The van der Waals surface area contributed by atoms with Gasteiger partial charge in [0.25, 0.3) is 0 Å². The van der Waals surface area contributed by atoms with Crippen LogP contribution in [0.4, 0.5) is 11.4 Å². The van der Waals surface area contributed by atoms with Crippen LogP contribution in [0.5, 0.6) is 17.2 Å². The quantitative estimate of drug-likeness (QED) is 0.504. The van der Waals surface area contributed by atoms with E-state index in [0.717, 1.165) is 11.3 Å². The molecule has 6 heteroatoms. The molecule has 26 heavy (non-hydrogen) atoms. The fourth-order valence-corrected chi connectivity index (χ4v) is 2.92. The molecule has 2 aromatic rings. The van der Waals surface area contributed by atoms with Gasteiger partial charge in [0.05, 0.1) is 18.5 Å². The number of nitrogens with two attached hydrogens (primary N) is 1. The van der Waals surface area contributed by atoms with Crippen molar-refractivity contribution < 1.29 is 19.0 Å². The highest BCUT2D eigenvalue weighted by Gasteiger charge is 2.21. The Balaban J connectivity index is 1.93. The average molecular weight is 354 g/mol. The molecule has 0 unspecified atom stereocenters. The summed E-state index contributed by atoms with van der Waals surface area (Å²) in [6, 6.07) is 8.97. The molecule has 6 nitrogen and oxygen atoms in total.